The zero-order valence-corrected chi connectivity index (χ0v) is 5.36. The molecule has 0 aliphatic carbocycles. The average Bonchev–Trinajstić information content (AvgIpc) is 1.38. The summed E-state index contributed by atoms with van der Waals surface area (Å²) in [5.74, 6) is 0.316. The Morgan fingerprint density at radius 1 is 2.00 bits per heavy atom. The molecule has 0 fully saturated rings. The van der Waals surface area contributed by atoms with Crippen molar-refractivity contribution < 1.29 is 5.11 Å². The lowest BCUT2D eigenvalue weighted by atomic mass is 10.7. The highest BCUT2D eigenvalue weighted by Crippen LogP contribution is 1.81. The Morgan fingerprint density at radius 2 is 2.20 bits per heavy atom. The number of hydrogen-bond donors (Lipinski definition) is 1. The van der Waals surface area contributed by atoms with Crippen molar-refractivity contribution in [2.24, 2.45) is 0 Å². The van der Waals surface area contributed by atoms with Crippen LogP contribution >= 0.6 is 0 Å². The molecule has 2 heteroatoms. The van der Waals surface area contributed by atoms with Gasteiger partial charge < -0.3 is 5.11 Å². The van der Waals surface area contributed by atoms with Crippen LogP contribution < -0.4 is 0 Å². The van der Waals surface area contributed by atoms with Crippen molar-refractivity contribution >= 4 is 16.3 Å². The summed E-state index contributed by atoms with van der Waals surface area (Å²) in [6, 6.07) is 0. The second kappa shape index (κ2) is 2.32. The molecular formula is C3H7AlO. The molecule has 0 aliphatic heterocycles. The Kier molecular flexibility index (Phi) is 2.35. The number of aliphatic hydroxyl groups is 1. The van der Waals surface area contributed by atoms with E-state index >= 15 is 0 Å². The second-order valence-electron chi connectivity index (χ2n) is 0.920. The molecule has 0 aromatic heterocycles. The highest BCUT2D eigenvalue weighted by molar-refractivity contribution is 6.09. The molecule has 0 rings (SSSR count). The fraction of sp³-hybridized carbons (Fsp3) is 0.333. The fourth-order valence-corrected chi connectivity index (χ4v) is 0. The monoisotopic (exact) mass is 86.0 g/mol. The summed E-state index contributed by atoms with van der Waals surface area (Å²) in [5.41, 5.74) is 0. The van der Waals surface area contributed by atoms with E-state index < -0.39 is 0 Å². The summed E-state index contributed by atoms with van der Waals surface area (Å²) >= 11 is 1.02. The van der Waals surface area contributed by atoms with Crippen LogP contribution in [0.4, 0.5) is 0 Å². The van der Waals surface area contributed by atoms with Gasteiger partial charge in [-0.3, -0.25) is 0 Å². The topological polar surface area (TPSA) is 20.2 Å². The third-order valence-electron chi connectivity index (χ3n) is 0.408. The minimum atomic E-state index is 0.316. The highest BCUT2D eigenvalue weighted by Gasteiger charge is 1.72. The molecule has 0 radical (unpaired) electrons. The zero-order valence-electron chi connectivity index (χ0n) is 3.36. The van der Waals surface area contributed by atoms with E-state index in [9.17, 15) is 0 Å². The minimum Gasteiger partial charge on any atom is -0.514 e. The summed E-state index contributed by atoms with van der Waals surface area (Å²) in [7, 11) is 0. The molecule has 0 amide bonds. The van der Waals surface area contributed by atoms with Crippen molar-refractivity contribution in [1.82, 2.24) is 0 Å². The third kappa shape index (κ3) is 4.07. The maximum absolute atomic E-state index is 8.20. The molecule has 0 atom stereocenters. The van der Waals surface area contributed by atoms with Gasteiger partial charge in [0.15, 0.2) is 0 Å². The molecule has 0 saturated heterocycles. The molecule has 0 unspecified atom stereocenters. The van der Waals surface area contributed by atoms with Gasteiger partial charge in [0.1, 0.15) is 0 Å². The lowest BCUT2D eigenvalue weighted by Crippen LogP contribution is -1.69. The van der Waals surface area contributed by atoms with Gasteiger partial charge in [-0.15, -0.1) is 0 Å². The van der Waals surface area contributed by atoms with Crippen LogP contribution in [0.25, 0.3) is 0 Å². The molecule has 0 aromatic rings. The molecule has 0 aliphatic rings. The van der Waals surface area contributed by atoms with Crippen LogP contribution in [-0.4, -0.2) is 21.4 Å². The van der Waals surface area contributed by atoms with Gasteiger partial charge in [0.05, 0.1) is 5.76 Å². The van der Waals surface area contributed by atoms with Gasteiger partial charge in [-0.05, 0) is 5.28 Å². The molecule has 0 bridgehead atoms. The number of hydrogen-bond acceptors (Lipinski definition) is 1. The Morgan fingerprint density at radius 3 is 2.20 bits per heavy atom. The standard InChI is InChI=1S/C3H5O.Al.2H/c1-3(2)4;;;/h4H,1-2H2;;;. The molecule has 0 saturated carbocycles. The molecule has 1 nitrogen and oxygen atoms in total. The first-order valence-corrected chi connectivity index (χ1v) is 3.05. The normalized spacial score (nSPS) is 7.20. The molecule has 0 aromatic carbocycles. The Bertz CT molecular complexity index is 42.2. The number of rotatable bonds is 1. The van der Waals surface area contributed by atoms with Crippen LogP contribution in [0.1, 0.15) is 0 Å². The Hall–Kier alpha value is 0.0725. The van der Waals surface area contributed by atoms with Crippen LogP contribution in [0.2, 0.25) is 5.28 Å². The van der Waals surface area contributed by atoms with Crippen molar-refractivity contribution in [2.75, 3.05) is 0 Å². The molecule has 28 valence electrons. The van der Waals surface area contributed by atoms with Gasteiger partial charge in [-0.2, -0.15) is 0 Å². The average molecular weight is 86.1 g/mol. The minimum absolute atomic E-state index is 0.316. The summed E-state index contributed by atoms with van der Waals surface area (Å²) in [6.07, 6.45) is 0. The summed E-state index contributed by atoms with van der Waals surface area (Å²) < 4.78 is 0. The predicted octanol–water partition coefficient (Wildman–Crippen LogP) is 0.109. The molecule has 0 spiro atoms. The van der Waals surface area contributed by atoms with E-state index in [1.807, 2.05) is 0 Å². The molecular weight excluding hydrogens is 79.0 g/mol. The van der Waals surface area contributed by atoms with Gasteiger partial charge in [-0.1, -0.05) is 6.58 Å². The van der Waals surface area contributed by atoms with E-state index in [-0.39, 0.29) is 0 Å². The SMILES string of the molecule is C=C(O)[CH2][AlH2]. The molecule has 1 N–H and O–H groups in total. The summed E-state index contributed by atoms with van der Waals surface area (Å²) in [5, 5.41) is 9.01. The maximum Gasteiger partial charge on any atom is 0.223 e. The fourth-order valence-electron chi connectivity index (χ4n) is 0. The predicted molar refractivity (Wildman–Crippen MR) is 25.1 cm³/mol. The van der Waals surface area contributed by atoms with Crippen molar-refractivity contribution in [3.63, 3.8) is 0 Å². The van der Waals surface area contributed by atoms with E-state index in [0.717, 1.165) is 21.6 Å². The van der Waals surface area contributed by atoms with Crippen molar-refractivity contribution in [3.8, 4) is 0 Å². The number of aliphatic hydroxyl groups excluding tert-OH is 1. The Balaban J connectivity index is 2.85. The largest absolute Gasteiger partial charge is 0.514 e. The van der Waals surface area contributed by atoms with Crippen LogP contribution in [0, 0.1) is 0 Å². The van der Waals surface area contributed by atoms with E-state index in [1.54, 1.807) is 0 Å². The van der Waals surface area contributed by atoms with Gasteiger partial charge >= 0.3 is 0 Å². The third-order valence-corrected chi connectivity index (χ3v) is 1.22. The van der Waals surface area contributed by atoms with E-state index in [4.69, 9.17) is 5.11 Å². The maximum atomic E-state index is 8.20. The quantitative estimate of drug-likeness (QED) is 0.354. The van der Waals surface area contributed by atoms with E-state index in [1.165, 1.54) is 0 Å². The van der Waals surface area contributed by atoms with Gasteiger partial charge in [0.2, 0.25) is 16.3 Å². The highest BCUT2D eigenvalue weighted by atomic mass is 27.0. The van der Waals surface area contributed by atoms with Crippen LogP contribution in [0.5, 0.6) is 0 Å². The van der Waals surface area contributed by atoms with Crippen molar-refractivity contribution in [1.29, 1.82) is 0 Å². The van der Waals surface area contributed by atoms with Crippen molar-refractivity contribution in [3.05, 3.63) is 12.3 Å². The summed E-state index contributed by atoms with van der Waals surface area (Å²) in [6.45, 7) is 3.26. The second-order valence-corrected chi connectivity index (χ2v) is 1.63. The molecule has 5 heavy (non-hydrogen) atoms. The van der Waals surface area contributed by atoms with Crippen LogP contribution in [0.15, 0.2) is 12.3 Å². The summed E-state index contributed by atoms with van der Waals surface area (Å²) in [4.78, 5) is 0. The lowest BCUT2D eigenvalue weighted by Gasteiger charge is -1.79. The first kappa shape index (κ1) is 5.07. The van der Waals surface area contributed by atoms with E-state index in [0.29, 0.717) is 5.76 Å². The smallest absolute Gasteiger partial charge is 0.223 e. The first-order chi connectivity index (χ1) is 2.27. The van der Waals surface area contributed by atoms with E-state index in [2.05, 4.69) is 6.58 Å². The Labute approximate surface area is 39.7 Å². The van der Waals surface area contributed by atoms with Crippen molar-refractivity contribution in [2.45, 2.75) is 5.28 Å². The molecule has 0 heterocycles. The lowest BCUT2D eigenvalue weighted by molar-refractivity contribution is 0.417. The zero-order chi connectivity index (χ0) is 4.28. The first-order valence-electron chi connectivity index (χ1n) is 1.64. The van der Waals surface area contributed by atoms with Gasteiger partial charge in [0, 0.05) is 0 Å². The number of allylic oxidation sites excluding steroid dienone is 1. The van der Waals surface area contributed by atoms with Crippen LogP contribution in [0.3, 0.4) is 0 Å². The van der Waals surface area contributed by atoms with Crippen LogP contribution in [-0.2, 0) is 0 Å². The van der Waals surface area contributed by atoms with Gasteiger partial charge in [-0.25, -0.2) is 0 Å². The van der Waals surface area contributed by atoms with Gasteiger partial charge in [0.25, 0.3) is 0 Å².